The molecule has 0 unspecified atom stereocenters. The Kier molecular flexibility index (Phi) is 10.2. The van der Waals surface area contributed by atoms with E-state index in [2.05, 4.69) is 10.2 Å². The lowest BCUT2D eigenvalue weighted by molar-refractivity contribution is -0.139. The molecule has 1 atom stereocenters. The van der Waals surface area contributed by atoms with E-state index in [1.165, 1.54) is 4.31 Å². The highest BCUT2D eigenvalue weighted by Crippen LogP contribution is 2.34. The van der Waals surface area contributed by atoms with Crippen molar-refractivity contribution < 1.29 is 27.5 Å². The summed E-state index contributed by atoms with van der Waals surface area (Å²) in [5, 5.41) is 3.01. The number of ether oxygens (including phenoxy) is 2. The number of benzene rings is 3. The summed E-state index contributed by atoms with van der Waals surface area (Å²) in [7, 11) is -3.65. The molecule has 11 heteroatoms. The van der Waals surface area contributed by atoms with E-state index >= 15 is 0 Å². The smallest absolute Gasteiger partial charge is 0.338 e. The molecule has 0 aromatic heterocycles. The minimum atomic E-state index is -3.65. The highest BCUT2D eigenvalue weighted by molar-refractivity contribution is 7.89. The average Bonchev–Trinajstić information content (AvgIpc) is 3.28. The van der Waals surface area contributed by atoms with E-state index in [4.69, 9.17) is 9.47 Å². The van der Waals surface area contributed by atoms with Crippen LogP contribution in [0.15, 0.2) is 95.0 Å². The van der Waals surface area contributed by atoms with Crippen LogP contribution in [0.4, 0.5) is 4.79 Å². The molecular weight excluding hydrogens is 592 g/mol. The summed E-state index contributed by atoms with van der Waals surface area (Å²) in [5.74, 6) is 0.725. The minimum absolute atomic E-state index is 0.176. The average molecular weight is 633 g/mol. The van der Waals surface area contributed by atoms with Crippen LogP contribution in [-0.2, 0) is 19.6 Å². The number of para-hydroxylation sites is 1. The highest BCUT2D eigenvalue weighted by Gasteiger charge is 2.39. The molecule has 1 saturated heterocycles. The molecule has 5 rings (SSSR count). The van der Waals surface area contributed by atoms with Gasteiger partial charge in [0.15, 0.2) is 0 Å². The molecule has 0 aliphatic carbocycles. The van der Waals surface area contributed by atoms with Crippen LogP contribution in [0.3, 0.4) is 0 Å². The topological polar surface area (TPSA) is 108 Å². The number of urea groups is 1. The van der Waals surface area contributed by atoms with Crippen molar-refractivity contribution >= 4 is 22.0 Å². The lowest BCUT2D eigenvalue weighted by Gasteiger charge is -2.38. The zero-order valence-corrected chi connectivity index (χ0v) is 26.8. The number of carbonyl (C=O) groups excluding carboxylic acids is 2. The van der Waals surface area contributed by atoms with Crippen molar-refractivity contribution in [2.24, 2.45) is 0 Å². The van der Waals surface area contributed by atoms with Gasteiger partial charge in [-0.2, -0.15) is 4.31 Å². The number of hydrogen-bond donors (Lipinski definition) is 1. The third kappa shape index (κ3) is 7.38. The molecule has 3 aromatic rings. The number of sulfonamides is 1. The molecule has 2 amide bonds. The van der Waals surface area contributed by atoms with Crippen LogP contribution < -0.4 is 10.1 Å². The van der Waals surface area contributed by atoms with Gasteiger partial charge in [0.25, 0.3) is 0 Å². The fraction of sp³-hybridized carbons (Fsp3) is 0.353. The number of esters is 1. The molecular formula is C34H40N4O6S. The first-order valence-corrected chi connectivity index (χ1v) is 16.8. The first-order chi connectivity index (χ1) is 21.7. The number of aryl methyl sites for hydroxylation is 1. The number of nitrogens with one attached hydrogen (secondary N) is 1. The van der Waals surface area contributed by atoms with Gasteiger partial charge < -0.3 is 14.8 Å². The van der Waals surface area contributed by atoms with Gasteiger partial charge >= 0.3 is 12.0 Å². The molecule has 2 heterocycles. The number of hydrogen-bond acceptors (Lipinski definition) is 7. The van der Waals surface area contributed by atoms with Crippen LogP contribution in [-0.4, -0.2) is 80.4 Å². The largest absolute Gasteiger partial charge is 0.463 e. The molecule has 2 aliphatic heterocycles. The fourth-order valence-corrected chi connectivity index (χ4v) is 7.18. The molecule has 0 saturated carbocycles. The van der Waals surface area contributed by atoms with Crippen molar-refractivity contribution in [1.29, 1.82) is 0 Å². The van der Waals surface area contributed by atoms with Crippen LogP contribution in [0.25, 0.3) is 0 Å². The Bertz CT molecular complexity index is 1640. The van der Waals surface area contributed by atoms with E-state index in [9.17, 15) is 18.0 Å². The summed E-state index contributed by atoms with van der Waals surface area (Å²) in [6.45, 7) is 8.04. The molecule has 238 valence electrons. The van der Waals surface area contributed by atoms with Crippen molar-refractivity contribution in [3.63, 3.8) is 0 Å². The van der Waals surface area contributed by atoms with Gasteiger partial charge in [0.1, 0.15) is 11.5 Å². The summed E-state index contributed by atoms with van der Waals surface area (Å²) in [4.78, 5) is 31.0. The lowest BCUT2D eigenvalue weighted by atomic mass is 9.94. The van der Waals surface area contributed by atoms with Gasteiger partial charge in [-0.3, -0.25) is 9.80 Å². The number of amides is 2. The third-order valence-corrected chi connectivity index (χ3v) is 9.91. The molecule has 0 radical (unpaired) electrons. The number of rotatable bonds is 10. The van der Waals surface area contributed by atoms with Crippen LogP contribution in [0, 0.1) is 6.92 Å². The standard InChI is InChI=1S/C34H40N4O6S/c1-4-38-30(24-36-19-10-20-37(22-21-36)45(41,42)29-17-15-25(3)16-18-29)31(33(39)43-5-2)32(35-34(38)40)26-11-9-14-28(23-26)44-27-12-7-6-8-13-27/h6-9,11-18,23,32H,4-5,10,19-22,24H2,1-3H3,(H,35,40)/t32-/m1/s1. The van der Waals surface area contributed by atoms with Gasteiger partial charge in [-0.15, -0.1) is 0 Å². The van der Waals surface area contributed by atoms with Crippen molar-refractivity contribution in [1.82, 2.24) is 19.4 Å². The molecule has 1 fully saturated rings. The van der Waals surface area contributed by atoms with Crippen molar-refractivity contribution in [3.05, 3.63) is 101 Å². The van der Waals surface area contributed by atoms with Crippen LogP contribution in [0.1, 0.15) is 37.4 Å². The molecule has 3 aromatic carbocycles. The maximum atomic E-state index is 13.6. The van der Waals surface area contributed by atoms with Gasteiger partial charge in [0.05, 0.1) is 23.1 Å². The van der Waals surface area contributed by atoms with E-state index in [1.54, 1.807) is 36.1 Å². The first-order valence-electron chi connectivity index (χ1n) is 15.3. The Hall–Kier alpha value is -4.19. The van der Waals surface area contributed by atoms with Gasteiger partial charge in [-0.1, -0.05) is 48.0 Å². The third-order valence-electron chi connectivity index (χ3n) is 8.00. The van der Waals surface area contributed by atoms with Crippen LogP contribution >= 0.6 is 0 Å². The fourth-order valence-electron chi connectivity index (χ4n) is 5.71. The SMILES string of the molecule is CCOC(=O)C1=C(CN2CCCN(S(=O)(=O)c3ccc(C)cc3)CC2)N(CC)C(=O)N[C@@H]1c1cccc(Oc2ccccc2)c1. The second-order valence-corrected chi connectivity index (χ2v) is 13.0. The predicted molar refractivity (Wildman–Crippen MR) is 171 cm³/mol. The molecule has 2 aliphatic rings. The molecule has 45 heavy (non-hydrogen) atoms. The predicted octanol–water partition coefficient (Wildman–Crippen LogP) is 5.09. The summed E-state index contributed by atoms with van der Waals surface area (Å²) < 4.78 is 39.9. The molecule has 1 N–H and O–H groups in total. The van der Waals surface area contributed by atoms with E-state index < -0.39 is 22.0 Å². The van der Waals surface area contributed by atoms with Crippen molar-refractivity contribution in [2.75, 3.05) is 45.9 Å². The highest BCUT2D eigenvalue weighted by atomic mass is 32.2. The Balaban J connectivity index is 1.44. The summed E-state index contributed by atoms with van der Waals surface area (Å²) in [6, 6.07) is 22.5. The van der Waals surface area contributed by atoms with Crippen LogP contribution in [0.5, 0.6) is 11.5 Å². The normalized spacial score (nSPS) is 18.3. The quantitative estimate of drug-likeness (QED) is 0.311. The maximum absolute atomic E-state index is 13.6. The Morgan fingerprint density at radius 1 is 0.911 bits per heavy atom. The van der Waals surface area contributed by atoms with E-state index in [0.717, 1.165) is 5.56 Å². The first kappa shape index (κ1) is 32.2. The van der Waals surface area contributed by atoms with Gasteiger partial charge in [-0.25, -0.2) is 18.0 Å². The second kappa shape index (κ2) is 14.3. The molecule has 0 spiro atoms. The second-order valence-electron chi connectivity index (χ2n) is 11.0. The van der Waals surface area contributed by atoms with Crippen molar-refractivity contribution in [2.45, 2.75) is 38.1 Å². The lowest BCUT2D eigenvalue weighted by Crippen LogP contribution is -2.51. The van der Waals surface area contributed by atoms with E-state index in [0.29, 0.717) is 67.5 Å². The Morgan fingerprint density at radius 3 is 2.36 bits per heavy atom. The molecule has 10 nitrogen and oxygen atoms in total. The Morgan fingerprint density at radius 2 is 1.64 bits per heavy atom. The van der Waals surface area contributed by atoms with Crippen molar-refractivity contribution in [3.8, 4) is 11.5 Å². The monoisotopic (exact) mass is 632 g/mol. The number of nitrogens with zero attached hydrogens (tertiary/aromatic N) is 3. The van der Waals surface area contributed by atoms with Gasteiger partial charge in [0, 0.05) is 38.4 Å². The number of likely N-dealkylation sites (N-methyl/N-ethyl adjacent to an activating group) is 1. The summed E-state index contributed by atoms with van der Waals surface area (Å²) >= 11 is 0. The maximum Gasteiger partial charge on any atom is 0.338 e. The van der Waals surface area contributed by atoms with Gasteiger partial charge in [-0.05, 0) is 75.7 Å². The summed E-state index contributed by atoms with van der Waals surface area (Å²) in [5.41, 5.74) is 2.57. The molecule has 0 bridgehead atoms. The van der Waals surface area contributed by atoms with Gasteiger partial charge in [0.2, 0.25) is 10.0 Å². The summed E-state index contributed by atoms with van der Waals surface area (Å²) in [6.07, 6.45) is 0.605. The Labute approximate surface area is 265 Å². The van der Waals surface area contributed by atoms with Crippen LogP contribution in [0.2, 0.25) is 0 Å². The van der Waals surface area contributed by atoms with E-state index in [1.807, 2.05) is 68.4 Å². The number of carbonyl (C=O) groups is 2. The zero-order chi connectivity index (χ0) is 32.0. The minimum Gasteiger partial charge on any atom is -0.463 e. The zero-order valence-electron chi connectivity index (χ0n) is 25.9. The van der Waals surface area contributed by atoms with E-state index in [-0.39, 0.29) is 24.1 Å².